The predicted octanol–water partition coefficient (Wildman–Crippen LogP) is 1.95. The molecule has 1 atom stereocenters. The summed E-state index contributed by atoms with van der Waals surface area (Å²) in [5.74, 6) is 0.573. The Morgan fingerprint density at radius 3 is 2.12 bits per heavy atom. The van der Waals surface area contributed by atoms with E-state index in [0.717, 1.165) is 12.8 Å². The van der Waals surface area contributed by atoms with Crippen LogP contribution < -0.4 is 24.8 Å². The molecule has 0 radical (unpaired) electrons. The molecule has 0 aliphatic heterocycles. The number of benzene rings is 2. The van der Waals surface area contributed by atoms with Crippen LogP contribution in [0, 0.1) is 23.5 Å². The number of allylic oxidation sites excluding steroid dienone is 4. The number of hydrogen-bond donors (Lipinski definition) is 0. The normalized spacial score (nSPS) is 15.2. The molecule has 0 bridgehead atoms. The molecule has 0 saturated heterocycles. The maximum atomic E-state index is 3.57. The third-order valence-corrected chi connectivity index (χ3v) is 5.27. The molecule has 0 amide bonds. The number of rotatable bonds is 2. The van der Waals surface area contributed by atoms with Crippen molar-refractivity contribution in [1.82, 2.24) is 0 Å². The summed E-state index contributed by atoms with van der Waals surface area (Å²) in [5, 5.41) is 0. The number of halogens is 2. The van der Waals surface area contributed by atoms with Gasteiger partial charge in [0.05, 0.1) is 0 Å². The van der Waals surface area contributed by atoms with Crippen LogP contribution in [-0.4, -0.2) is 3.21 Å². The van der Waals surface area contributed by atoms with Crippen LogP contribution >= 0.6 is 0 Å². The molecule has 2 aliphatic carbocycles. The Bertz CT molecular complexity index is 885. The topological polar surface area (TPSA) is 0 Å². The van der Waals surface area contributed by atoms with E-state index in [0.29, 0.717) is 11.3 Å². The van der Waals surface area contributed by atoms with E-state index in [1.165, 1.54) is 43.0 Å². The largest absolute Gasteiger partial charge is 1.00 e. The van der Waals surface area contributed by atoms with Crippen LogP contribution in [0.15, 0.2) is 59.7 Å². The minimum atomic E-state index is 0. The van der Waals surface area contributed by atoms with Crippen molar-refractivity contribution in [3.8, 4) is 11.1 Å². The van der Waals surface area contributed by atoms with Crippen LogP contribution in [0.1, 0.15) is 72.4 Å². The monoisotopic (exact) mass is 544 g/mol. The molecule has 4 rings (SSSR count). The van der Waals surface area contributed by atoms with Gasteiger partial charge in [0.1, 0.15) is 0 Å². The molecule has 0 spiro atoms. The molecule has 2 aromatic carbocycles. The molecular formula is C29H36Cl2Zr-2. The van der Waals surface area contributed by atoms with E-state index in [2.05, 4.69) is 103 Å². The van der Waals surface area contributed by atoms with Gasteiger partial charge in [-0.1, -0.05) is 94.2 Å². The van der Waals surface area contributed by atoms with Crippen molar-refractivity contribution in [3.63, 3.8) is 0 Å². The van der Waals surface area contributed by atoms with Crippen LogP contribution in [0.5, 0.6) is 0 Å². The average molecular weight is 547 g/mol. The molecule has 0 saturated carbocycles. The fraction of sp³-hybridized carbons (Fsp3) is 0.414. The maximum absolute atomic E-state index is 3.57. The summed E-state index contributed by atoms with van der Waals surface area (Å²) in [4.78, 5) is 0. The van der Waals surface area contributed by atoms with Crippen LogP contribution in [0.4, 0.5) is 0 Å². The predicted molar refractivity (Wildman–Crippen MR) is 128 cm³/mol. The first-order valence-corrected chi connectivity index (χ1v) is 12.3. The number of hydrogen-bond acceptors (Lipinski definition) is 0. The summed E-state index contributed by atoms with van der Waals surface area (Å²) in [7, 11) is 0. The second-order valence-corrected chi connectivity index (χ2v) is 11.7. The van der Waals surface area contributed by atoms with E-state index in [1.807, 2.05) is 6.07 Å². The molecule has 0 N–H and O–H groups in total. The van der Waals surface area contributed by atoms with Crippen molar-refractivity contribution >= 4 is 3.21 Å². The maximum Gasteiger partial charge on any atom is -0.0253 e. The molecule has 0 fully saturated rings. The zero-order valence-electron chi connectivity index (χ0n) is 20.6. The summed E-state index contributed by atoms with van der Waals surface area (Å²) in [6.45, 7) is 15.6. The van der Waals surface area contributed by atoms with Gasteiger partial charge in [0.25, 0.3) is 0 Å². The Morgan fingerprint density at radius 1 is 1.00 bits per heavy atom. The number of fused-ring (bicyclic) bond motifs is 3. The SMILES string of the molecule is CCC1=[C-]C(CC)C=C1C(C)(C)C.C[C](C)=[Zr+2].[Cl-].[Cl-].[c-]1cccc2c1Cc1ccccc1-2. The third kappa shape index (κ3) is 8.89. The summed E-state index contributed by atoms with van der Waals surface area (Å²) in [6.07, 6.45) is 9.33. The first-order chi connectivity index (χ1) is 14.2. The smallest absolute Gasteiger partial charge is 0.0253 e. The molecule has 0 heterocycles. The second-order valence-electron chi connectivity index (χ2n) is 9.22. The molecular weight excluding hydrogens is 510 g/mol. The van der Waals surface area contributed by atoms with E-state index in [9.17, 15) is 0 Å². The van der Waals surface area contributed by atoms with Gasteiger partial charge in [-0.3, -0.25) is 6.08 Å². The minimum absolute atomic E-state index is 0. The van der Waals surface area contributed by atoms with Crippen molar-refractivity contribution in [1.29, 1.82) is 0 Å². The Kier molecular flexibility index (Phi) is 14.2. The van der Waals surface area contributed by atoms with Gasteiger partial charge in [0.15, 0.2) is 0 Å². The molecule has 0 aromatic heterocycles. The third-order valence-electron chi connectivity index (χ3n) is 5.27. The molecule has 0 nitrogen and oxygen atoms in total. The Labute approximate surface area is 224 Å². The van der Waals surface area contributed by atoms with Gasteiger partial charge in [0, 0.05) is 0 Å². The van der Waals surface area contributed by atoms with Crippen LogP contribution in [0.3, 0.4) is 0 Å². The van der Waals surface area contributed by atoms with Gasteiger partial charge < -0.3 is 24.8 Å². The van der Waals surface area contributed by atoms with E-state index < -0.39 is 0 Å². The molecule has 2 aliphatic rings. The van der Waals surface area contributed by atoms with Gasteiger partial charge in [-0.2, -0.15) is 41.5 Å². The van der Waals surface area contributed by atoms with Gasteiger partial charge in [-0.25, -0.2) is 5.57 Å². The molecule has 2 aromatic rings. The Balaban J connectivity index is 0.000000490. The minimum Gasteiger partial charge on any atom is -1.00 e. The standard InChI is InChI=1S/C13H9.C13H21.C3H6.2ClH.Zr/c1-3-7-12-10(5-1)9-11-6-2-4-8-13(11)12;1-6-10-8-11(7-2)12(9-10)13(3,4)5;1-3-2;;;/h1-5,7-8H,9H2;9-10H,6-7H2,1-5H3;1-2H3;2*1H;/q2*-1;;;;+2/p-2. The van der Waals surface area contributed by atoms with Crippen LogP contribution in [0.2, 0.25) is 0 Å². The second kappa shape index (κ2) is 14.5. The first kappa shape index (κ1) is 31.3. The van der Waals surface area contributed by atoms with Gasteiger partial charge in [-0.05, 0) is 6.42 Å². The van der Waals surface area contributed by atoms with E-state index >= 15 is 0 Å². The van der Waals surface area contributed by atoms with Crippen LogP contribution in [0.25, 0.3) is 11.1 Å². The molecule has 172 valence electrons. The van der Waals surface area contributed by atoms with E-state index in [-0.39, 0.29) is 24.8 Å². The van der Waals surface area contributed by atoms with Crippen molar-refractivity contribution in [2.75, 3.05) is 0 Å². The molecule has 32 heavy (non-hydrogen) atoms. The van der Waals surface area contributed by atoms with E-state index in [1.54, 1.807) is 24.2 Å². The Morgan fingerprint density at radius 2 is 1.59 bits per heavy atom. The van der Waals surface area contributed by atoms with Gasteiger partial charge in [0.2, 0.25) is 0 Å². The Hall–Kier alpha value is -0.747. The van der Waals surface area contributed by atoms with Gasteiger partial charge >= 0.3 is 41.3 Å². The van der Waals surface area contributed by atoms with Gasteiger partial charge in [-0.15, -0.1) is 5.56 Å². The quantitative estimate of drug-likeness (QED) is 0.432. The van der Waals surface area contributed by atoms with Crippen LogP contribution in [-0.2, 0) is 30.7 Å². The summed E-state index contributed by atoms with van der Waals surface area (Å²) in [5.41, 5.74) is 8.76. The van der Waals surface area contributed by atoms with Crippen molar-refractivity contribution in [2.45, 2.75) is 67.7 Å². The molecule has 3 heteroatoms. The fourth-order valence-electron chi connectivity index (χ4n) is 3.86. The zero-order valence-corrected chi connectivity index (χ0v) is 24.5. The summed E-state index contributed by atoms with van der Waals surface area (Å²) in [6, 6.07) is 18.1. The van der Waals surface area contributed by atoms with Crippen molar-refractivity contribution in [2.24, 2.45) is 11.3 Å². The first-order valence-electron chi connectivity index (χ1n) is 11.1. The van der Waals surface area contributed by atoms with E-state index in [4.69, 9.17) is 0 Å². The summed E-state index contributed by atoms with van der Waals surface area (Å²) < 4.78 is 1.51. The average Bonchev–Trinajstić information content (AvgIpc) is 3.29. The van der Waals surface area contributed by atoms with Crippen molar-refractivity contribution in [3.05, 3.63) is 83.0 Å². The summed E-state index contributed by atoms with van der Waals surface area (Å²) >= 11 is 1.55. The fourth-order valence-corrected chi connectivity index (χ4v) is 3.86. The zero-order chi connectivity index (χ0) is 22.3. The molecule has 1 unspecified atom stereocenters. The van der Waals surface area contributed by atoms with Crippen molar-refractivity contribution < 1.29 is 49.0 Å².